The molecule has 0 aromatic carbocycles. The first kappa shape index (κ1) is 7.56. The Hall–Kier alpha value is -0.0800. The van der Waals surface area contributed by atoms with Crippen LogP contribution in [0.15, 0.2) is 0 Å². The Morgan fingerprint density at radius 1 is 1.00 bits per heavy atom. The van der Waals surface area contributed by atoms with Crippen molar-refractivity contribution in [2.75, 3.05) is 19.6 Å². The minimum atomic E-state index is 0.813. The quantitative estimate of drug-likeness (QED) is 0.564. The van der Waals surface area contributed by atoms with E-state index in [1.165, 1.54) is 45.3 Å². The number of hydrogen-bond donors (Lipinski definition) is 0. The van der Waals surface area contributed by atoms with Crippen LogP contribution in [-0.2, 0) is 0 Å². The van der Waals surface area contributed by atoms with Gasteiger partial charge in [-0.1, -0.05) is 0 Å². The molecule has 11 heavy (non-hydrogen) atoms. The van der Waals surface area contributed by atoms with Gasteiger partial charge in [-0.25, -0.2) is 10.0 Å². The molecule has 0 amide bonds. The van der Waals surface area contributed by atoms with Crippen molar-refractivity contribution in [1.82, 2.24) is 10.0 Å². The summed E-state index contributed by atoms with van der Waals surface area (Å²) in [5.41, 5.74) is 0. The van der Waals surface area contributed by atoms with Crippen LogP contribution in [0.2, 0.25) is 0 Å². The average molecular weight is 154 g/mol. The predicted molar refractivity (Wildman–Crippen MR) is 46.2 cm³/mol. The van der Waals surface area contributed by atoms with E-state index in [-0.39, 0.29) is 0 Å². The first-order valence-electron chi connectivity index (χ1n) is 4.89. The molecule has 2 heteroatoms. The monoisotopic (exact) mass is 154 g/mol. The van der Waals surface area contributed by atoms with E-state index < -0.39 is 0 Å². The fraction of sp³-hybridized carbons (Fsp3) is 1.00. The van der Waals surface area contributed by atoms with Gasteiger partial charge in [0.1, 0.15) is 0 Å². The van der Waals surface area contributed by atoms with Gasteiger partial charge < -0.3 is 0 Å². The van der Waals surface area contributed by atoms with Crippen LogP contribution in [0, 0.1) is 0 Å². The predicted octanol–water partition coefficient (Wildman–Crippen LogP) is 1.48. The Kier molecular flexibility index (Phi) is 2.14. The highest BCUT2D eigenvalue weighted by Gasteiger charge is 2.27. The zero-order valence-corrected chi connectivity index (χ0v) is 7.42. The first-order chi connectivity index (χ1) is 5.38. The highest BCUT2D eigenvalue weighted by Crippen LogP contribution is 2.21. The van der Waals surface area contributed by atoms with Crippen LogP contribution in [0.1, 0.15) is 32.6 Å². The van der Waals surface area contributed by atoms with Crippen molar-refractivity contribution in [1.29, 1.82) is 0 Å². The van der Waals surface area contributed by atoms with Gasteiger partial charge in [0.2, 0.25) is 0 Å². The van der Waals surface area contributed by atoms with E-state index in [0.29, 0.717) is 0 Å². The molecule has 0 bridgehead atoms. The van der Waals surface area contributed by atoms with Crippen LogP contribution in [0.4, 0.5) is 0 Å². The second-order valence-electron chi connectivity index (χ2n) is 3.82. The van der Waals surface area contributed by atoms with E-state index >= 15 is 0 Å². The van der Waals surface area contributed by atoms with Crippen molar-refractivity contribution < 1.29 is 0 Å². The van der Waals surface area contributed by atoms with Crippen molar-refractivity contribution in [3.05, 3.63) is 0 Å². The lowest BCUT2D eigenvalue weighted by Crippen LogP contribution is -2.42. The second-order valence-corrected chi connectivity index (χ2v) is 3.82. The molecule has 0 spiro atoms. The van der Waals surface area contributed by atoms with E-state index in [1.807, 2.05) is 0 Å². The Morgan fingerprint density at radius 3 is 2.27 bits per heavy atom. The molecule has 1 atom stereocenters. The molecule has 2 aliphatic rings. The van der Waals surface area contributed by atoms with Crippen LogP contribution in [0.5, 0.6) is 0 Å². The Labute approximate surface area is 69.1 Å². The maximum atomic E-state index is 2.58. The summed E-state index contributed by atoms with van der Waals surface area (Å²) in [4.78, 5) is 0. The van der Waals surface area contributed by atoms with Crippen LogP contribution in [0.3, 0.4) is 0 Å². The van der Waals surface area contributed by atoms with Gasteiger partial charge in [-0.3, -0.25) is 0 Å². The molecule has 2 fully saturated rings. The fourth-order valence-corrected chi connectivity index (χ4v) is 2.30. The van der Waals surface area contributed by atoms with Crippen LogP contribution < -0.4 is 0 Å². The maximum Gasteiger partial charge on any atom is 0.0218 e. The van der Waals surface area contributed by atoms with Gasteiger partial charge in [0.15, 0.2) is 0 Å². The van der Waals surface area contributed by atoms with Gasteiger partial charge in [0.05, 0.1) is 0 Å². The van der Waals surface area contributed by atoms with Gasteiger partial charge in [0.25, 0.3) is 0 Å². The largest absolute Gasteiger partial charge is 0.242 e. The summed E-state index contributed by atoms with van der Waals surface area (Å²) in [7, 11) is 0. The summed E-state index contributed by atoms with van der Waals surface area (Å²) in [5, 5.41) is 5.13. The summed E-state index contributed by atoms with van der Waals surface area (Å²) >= 11 is 0. The van der Waals surface area contributed by atoms with E-state index in [9.17, 15) is 0 Å². The smallest absolute Gasteiger partial charge is 0.0218 e. The SMILES string of the molecule is CC1CCCN1N1CCCC1. The molecule has 2 heterocycles. The summed E-state index contributed by atoms with van der Waals surface area (Å²) in [5.74, 6) is 0. The van der Waals surface area contributed by atoms with Gasteiger partial charge in [0, 0.05) is 25.7 Å². The lowest BCUT2D eigenvalue weighted by molar-refractivity contribution is -0.00944. The molecule has 0 N–H and O–H groups in total. The Morgan fingerprint density at radius 2 is 1.73 bits per heavy atom. The molecular formula is C9H18N2. The molecule has 0 saturated carbocycles. The molecule has 2 nitrogen and oxygen atoms in total. The Balaban J connectivity index is 1.92. The minimum Gasteiger partial charge on any atom is -0.242 e. The van der Waals surface area contributed by atoms with Gasteiger partial charge in [-0.2, -0.15) is 0 Å². The summed E-state index contributed by atoms with van der Waals surface area (Å²) in [6, 6.07) is 0.813. The van der Waals surface area contributed by atoms with Crippen LogP contribution in [0.25, 0.3) is 0 Å². The van der Waals surface area contributed by atoms with Crippen LogP contribution >= 0.6 is 0 Å². The molecule has 0 aromatic heterocycles. The average Bonchev–Trinajstić information content (AvgIpc) is 2.55. The highest BCUT2D eigenvalue weighted by molar-refractivity contribution is 4.76. The van der Waals surface area contributed by atoms with Gasteiger partial charge in [-0.05, 0) is 32.6 Å². The fourth-order valence-electron chi connectivity index (χ4n) is 2.30. The number of nitrogens with zero attached hydrogens (tertiary/aromatic N) is 2. The molecule has 2 aliphatic heterocycles. The van der Waals surface area contributed by atoms with Crippen molar-refractivity contribution in [2.45, 2.75) is 38.6 Å². The highest BCUT2D eigenvalue weighted by atomic mass is 15.6. The summed E-state index contributed by atoms with van der Waals surface area (Å²) in [6.07, 6.45) is 5.61. The molecule has 0 aliphatic carbocycles. The standard InChI is InChI=1S/C9H18N2/c1-9-5-4-8-11(9)10-6-2-3-7-10/h9H,2-8H2,1H3. The topological polar surface area (TPSA) is 6.48 Å². The summed E-state index contributed by atoms with van der Waals surface area (Å²) in [6.45, 7) is 6.28. The second kappa shape index (κ2) is 3.11. The van der Waals surface area contributed by atoms with Crippen molar-refractivity contribution in [3.63, 3.8) is 0 Å². The third-order valence-corrected chi connectivity index (χ3v) is 2.96. The molecular weight excluding hydrogens is 136 g/mol. The maximum absolute atomic E-state index is 2.58. The zero-order chi connectivity index (χ0) is 7.68. The number of hydrazine groups is 1. The molecule has 0 radical (unpaired) electrons. The van der Waals surface area contributed by atoms with Crippen LogP contribution in [-0.4, -0.2) is 35.7 Å². The van der Waals surface area contributed by atoms with Crippen molar-refractivity contribution in [3.8, 4) is 0 Å². The minimum absolute atomic E-state index is 0.813. The lowest BCUT2D eigenvalue weighted by atomic mass is 10.3. The lowest BCUT2D eigenvalue weighted by Gasteiger charge is -2.31. The molecule has 1 unspecified atom stereocenters. The normalized spacial score (nSPS) is 35.2. The van der Waals surface area contributed by atoms with E-state index in [0.717, 1.165) is 6.04 Å². The Bertz CT molecular complexity index is 130. The van der Waals surface area contributed by atoms with Crippen molar-refractivity contribution >= 4 is 0 Å². The van der Waals surface area contributed by atoms with E-state index in [2.05, 4.69) is 16.9 Å². The zero-order valence-electron chi connectivity index (χ0n) is 7.42. The summed E-state index contributed by atoms with van der Waals surface area (Å²) < 4.78 is 0. The third kappa shape index (κ3) is 1.42. The number of rotatable bonds is 1. The molecule has 2 saturated heterocycles. The number of hydrogen-bond acceptors (Lipinski definition) is 2. The van der Waals surface area contributed by atoms with Crippen molar-refractivity contribution in [2.24, 2.45) is 0 Å². The first-order valence-corrected chi connectivity index (χ1v) is 4.89. The molecule has 64 valence electrons. The molecule has 2 rings (SSSR count). The van der Waals surface area contributed by atoms with E-state index in [1.54, 1.807) is 0 Å². The van der Waals surface area contributed by atoms with E-state index in [4.69, 9.17) is 0 Å². The van der Waals surface area contributed by atoms with Gasteiger partial charge in [-0.15, -0.1) is 0 Å². The van der Waals surface area contributed by atoms with Gasteiger partial charge >= 0.3 is 0 Å². The third-order valence-electron chi connectivity index (χ3n) is 2.96. The molecule has 0 aromatic rings.